The summed E-state index contributed by atoms with van der Waals surface area (Å²) < 4.78 is 10.7. The Morgan fingerprint density at radius 3 is 2.50 bits per heavy atom. The lowest BCUT2D eigenvalue weighted by Gasteiger charge is -2.17. The van der Waals surface area contributed by atoms with Crippen LogP contribution >= 0.6 is 0 Å². The third-order valence-corrected chi connectivity index (χ3v) is 4.40. The molecule has 0 aromatic heterocycles. The zero-order chi connectivity index (χ0) is 15.4. The van der Waals surface area contributed by atoms with Gasteiger partial charge in [-0.3, -0.25) is 4.90 Å². The van der Waals surface area contributed by atoms with Crippen molar-refractivity contribution in [1.29, 1.82) is 0 Å². The van der Waals surface area contributed by atoms with E-state index in [1.54, 1.807) is 14.2 Å². The van der Waals surface area contributed by atoms with Gasteiger partial charge in [-0.15, -0.1) is 0 Å². The lowest BCUT2D eigenvalue weighted by Crippen LogP contribution is -2.19. The molecule has 1 aliphatic heterocycles. The Hall–Kier alpha value is -2.00. The minimum Gasteiger partial charge on any atom is -0.493 e. The molecular weight excluding hydrogens is 274 g/mol. The van der Waals surface area contributed by atoms with Crippen LogP contribution in [0.1, 0.15) is 23.5 Å². The van der Waals surface area contributed by atoms with E-state index in [1.165, 1.54) is 17.5 Å². The van der Waals surface area contributed by atoms with Crippen LogP contribution in [0.3, 0.4) is 0 Å². The van der Waals surface area contributed by atoms with Crippen LogP contribution in [0.2, 0.25) is 0 Å². The molecule has 1 fully saturated rings. The molecule has 0 saturated carbocycles. The normalized spacial score (nSPS) is 18.4. The van der Waals surface area contributed by atoms with Crippen LogP contribution in [0.5, 0.6) is 11.5 Å². The van der Waals surface area contributed by atoms with E-state index in [0.29, 0.717) is 5.92 Å². The summed E-state index contributed by atoms with van der Waals surface area (Å²) in [7, 11) is 3.37. The highest BCUT2D eigenvalue weighted by molar-refractivity contribution is 5.44. The highest BCUT2D eigenvalue weighted by atomic mass is 16.5. The van der Waals surface area contributed by atoms with E-state index in [-0.39, 0.29) is 0 Å². The first-order valence-corrected chi connectivity index (χ1v) is 7.78. The van der Waals surface area contributed by atoms with Gasteiger partial charge in [0.25, 0.3) is 0 Å². The van der Waals surface area contributed by atoms with Gasteiger partial charge in [-0.2, -0.15) is 0 Å². The molecule has 0 spiro atoms. The molecule has 0 amide bonds. The fourth-order valence-electron chi connectivity index (χ4n) is 3.20. The molecule has 1 saturated heterocycles. The summed E-state index contributed by atoms with van der Waals surface area (Å²) >= 11 is 0. The lowest BCUT2D eigenvalue weighted by molar-refractivity contribution is 0.326. The highest BCUT2D eigenvalue weighted by Crippen LogP contribution is 2.34. The highest BCUT2D eigenvalue weighted by Gasteiger charge is 2.24. The summed E-state index contributed by atoms with van der Waals surface area (Å²) in [5, 5.41) is 0. The minimum absolute atomic E-state index is 0.573. The molecule has 116 valence electrons. The van der Waals surface area contributed by atoms with E-state index < -0.39 is 0 Å². The maximum absolute atomic E-state index is 5.42. The predicted octanol–water partition coefficient (Wildman–Crippen LogP) is 3.69. The lowest BCUT2D eigenvalue weighted by atomic mass is 9.98. The van der Waals surface area contributed by atoms with Crippen LogP contribution < -0.4 is 9.47 Å². The maximum atomic E-state index is 5.42. The molecule has 3 rings (SSSR count). The Morgan fingerprint density at radius 1 is 1.00 bits per heavy atom. The van der Waals surface area contributed by atoms with Gasteiger partial charge >= 0.3 is 0 Å². The van der Waals surface area contributed by atoms with Crippen LogP contribution in [-0.4, -0.2) is 32.2 Å². The van der Waals surface area contributed by atoms with Gasteiger partial charge in [-0.1, -0.05) is 36.4 Å². The van der Waals surface area contributed by atoms with Gasteiger partial charge in [0.2, 0.25) is 0 Å². The average Bonchev–Trinajstić information content (AvgIpc) is 3.03. The van der Waals surface area contributed by atoms with Crippen LogP contribution in [0.15, 0.2) is 48.5 Å². The number of hydrogen-bond acceptors (Lipinski definition) is 3. The van der Waals surface area contributed by atoms with Crippen LogP contribution in [-0.2, 0) is 6.54 Å². The molecule has 1 unspecified atom stereocenters. The maximum Gasteiger partial charge on any atom is 0.160 e. The second-order valence-corrected chi connectivity index (χ2v) is 5.82. The molecule has 3 nitrogen and oxygen atoms in total. The molecule has 0 radical (unpaired) electrons. The molecular formula is C19H23NO2. The number of hydrogen-bond donors (Lipinski definition) is 0. The first-order chi connectivity index (χ1) is 10.8. The first-order valence-electron chi connectivity index (χ1n) is 7.78. The molecule has 1 aliphatic rings. The number of benzene rings is 2. The van der Waals surface area contributed by atoms with Crippen LogP contribution in [0.4, 0.5) is 0 Å². The van der Waals surface area contributed by atoms with Crippen molar-refractivity contribution >= 4 is 0 Å². The third-order valence-electron chi connectivity index (χ3n) is 4.40. The van der Waals surface area contributed by atoms with Gasteiger partial charge in [-0.05, 0) is 42.1 Å². The van der Waals surface area contributed by atoms with Gasteiger partial charge in [-0.25, -0.2) is 0 Å². The average molecular weight is 297 g/mol. The molecule has 2 aromatic rings. The van der Waals surface area contributed by atoms with Crippen molar-refractivity contribution in [2.45, 2.75) is 18.9 Å². The zero-order valence-electron chi connectivity index (χ0n) is 13.3. The molecule has 2 aromatic carbocycles. The van der Waals surface area contributed by atoms with E-state index in [1.807, 2.05) is 6.07 Å². The van der Waals surface area contributed by atoms with Crippen molar-refractivity contribution in [3.05, 3.63) is 59.7 Å². The van der Waals surface area contributed by atoms with Crippen molar-refractivity contribution in [2.24, 2.45) is 0 Å². The Bertz CT molecular complexity index is 612. The summed E-state index contributed by atoms with van der Waals surface area (Å²) in [6.07, 6.45) is 1.20. The van der Waals surface area contributed by atoms with Crippen molar-refractivity contribution in [2.75, 3.05) is 27.3 Å². The Labute approximate surface area is 132 Å². The van der Waals surface area contributed by atoms with Crippen molar-refractivity contribution in [1.82, 2.24) is 4.90 Å². The molecule has 1 heterocycles. The van der Waals surface area contributed by atoms with E-state index in [4.69, 9.17) is 9.47 Å². The minimum atomic E-state index is 0.573. The van der Waals surface area contributed by atoms with E-state index in [0.717, 1.165) is 31.1 Å². The standard InChI is InChI=1S/C19H23NO2/c1-21-18-9-8-16(12-19(18)22-2)17-10-11-20(14-17)13-15-6-4-3-5-7-15/h3-9,12,17H,10-11,13-14H2,1-2H3. The summed E-state index contributed by atoms with van der Waals surface area (Å²) in [5.74, 6) is 2.19. The first kappa shape index (κ1) is 14.9. The predicted molar refractivity (Wildman–Crippen MR) is 88.6 cm³/mol. The zero-order valence-corrected chi connectivity index (χ0v) is 13.3. The van der Waals surface area contributed by atoms with Crippen molar-refractivity contribution in [3.8, 4) is 11.5 Å². The number of methoxy groups -OCH3 is 2. The fraction of sp³-hybridized carbons (Fsp3) is 0.368. The topological polar surface area (TPSA) is 21.7 Å². The van der Waals surface area contributed by atoms with Crippen molar-refractivity contribution in [3.63, 3.8) is 0 Å². The second-order valence-electron chi connectivity index (χ2n) is 5.82. The van der Waals surface area contributed by atoms with Gasteiger partial charge in [0, 0.05) is 13.1 Å². The molecule has 0 N–H and O–H groups in total. The molecule has 0 aliphatic carbocycles. The monoisotopic (exact) mass is 297 g/mol. The summed E-state index contributed by atoms with van der Waals surface area (Å²) in [4.78, 5) is 2.52. The van der Waals surface area contributed by atoms with E-state index in [2.05, 4.69) is 47.4 Å². The largest absolute Gasteiger partial charge is 0.493 e. The number of likely N-dealkylation sites (tertiary alicyclic amines) is 1. The second kappa shape index (κ2) is 6.84. The van der Waals surface area contributed by atoms with Gasteiger partial charge in [0.15, 0.2) is 11.5 Å². The SMILES string of the molecule is COc1ccc(C2CCN(Cc3ccccc3)C2)cc1OC. The third kappa shape index (κ3) is 3.25. The summed E-state index contributed by atoms with van der Waals surface area (Å²) in [6.45, 7) is 3.28. The Kier molecular flexibility index (Phi) is 4.64. The van der Waals surface area contributed by atoms with Crippen LogP contribution in [0, 0.1) is 0 Å². The van der Waals surface area contributed by atoms with E-state index in [9.17, 15) is 0 Å². The van der Waals surface area contributed by atoms with Gasteiger partial charge < -0.3 is 9.47 Å². The van der Waals surface area contributed by atoms with E-state index >= 15 is 0 Å². The fourth-order valence-corrected chi connectivity index (χ4v) is 3.20. The van der Waals surface area contributed by atoms with Crippen LogP contribution in [0.25, 0.3) is 0 Å². The van der Waals surface area contributed by atoms with Gasteiger partial charge in [0.05, 0.1) is 14.2 Å². The van der Waals surface area contributed by atoms with Gasteiger partial charge in [0.1, 0.15) is 0 Å². The molecule has 1 atom stereocenters. The Morgan fingerprint density at radius 2 is 1.77 bits per heavy atom. The molecule has 3 heteroatoms. The number of rotatable bonds is 5. The Balaban J connectivity index is 1.67. The number of ether oxygens (including phenoxy) is 2. The quantitative estimate of drug-likeness (QED) is 0.840. The van der Waals surface area contributed by atoms with Crippen molar-refractivity contribution < 1.29 is 9.47 Å². The molecule has 22 heavy (non-hydrogen) atoms. The number of nitrogens with zero attached hydrogens (tertiary/aromatic N) is 1. The smallest absolute Gasteiger partial charge is 0.160 e. The molecule has 0 bridgehead atoms. The summed E-state index contributed by atoms with van der Waals surface area (Å²) in [6, 6.07) is 17.0. The summed E-state index contributed by atoms with van der Waals surface area (Å²) in [5.41, 5.74) is 2.73.